The standard InChI is InChI=1S/C13H17ClN4O2/c1-18-8-16-12(17-18)3-4-15-7-9-5-10(14)6-11(20-2)13(9)19/h5-6,8,15,19H,3-4,7H2,1-2H3. The van der Waals surface area contributed by atoms with E-state index in [-0.39, 0.29) is 5.75 Å². The van der Waals surface area contributed by atoms with Gasteiger partial charge in [0.1, 0.15) is 6.33 Å². The molecule has 0 saturated carbocycles. The van der Waals surface area contributed by atoms with Gasteiger partial charge >= 0.3 is 0 Å². The molecule has 1 aromatic heterocycles. The highest BCUT2D eigenvalue weighted by Crippen LogP contribution is 2.33. The minimum Gasteiger partial charge on any atom is -0.504 e. The van der Waals surface area contributed by atoms with Crippen molar-refractivity contribution < 1.29 is 9.84 Å². The lowest BCUT2D eigenvalue weighted by Crippen LogP contribution is -2.17. The molecule has 0 radical (unpaired) electrons. The van der Waals surface area contributed by atoms with Gasteiger partial charge in [-0.2, -0.15) is 5.10 Å². The zero-order valence-electron chi connectivity index (χ0n) is 11.4. The van der Waals surface area contributed by atoms with Crippen molar-refractivity contribution in [2.24, 2.45) is 7.05 Å². The summed E-state index contributed by atoms with van der Waals surface area (Å²) in [6, 6.07) is 3.30. The molecule has 0 bridgehead atoms. The van der Waals surface area contributed by atoms with Crippen LogP contribution in [0.1, 0.15) is 11.4 Å². The van der Waals surface area contributed by atoms with Crippen LogP contribution >= 0.6 is 11.6 Å². The molecule has 0 aliphatic rings. The fraction of sp³-hybridized carbons (Fsp3) is 0.385. The lowest BCUT2D eigenvalue weighted by molar-refractivity contribution is 0.369. The third kappa shape index (κ3) is 3.61. The largest absolute Gasteiger partial charge is 0.504 e. The van der Waals surface area contributed by atoms with Gasteiger partial charge in [0.15, 0.2) is 17.3 Å². The van der Waals surface area contributed by atoms with Crippen molar-refractivity contribution in [3.05, 3.63) is 34.9 Å². The summed E-state index contributed by atoms with van der Waals surface area (Å²) in [5, 5.41) is 17.9. The lowest BCUT2D eigenvalue weighted by Gasteiger charge is -2.10. The van der Waals surface area contributed by atoms with Crippen LogP contribution in [0.4, 0.5) is 0 Å². The van der Waals surface area contributed by atoms with Gasteiger partial charge in [0.25, 0.3) is 0 Å². The number of nitrogens with one attached hydrogen (secondary N) is 1. The van der Waals surface area contributed by atoms with Crippen molar-refractivity contribution in [3.8, 4) is 11.5 Å². The highest BCUT2D eigenvalue weighted by atomic mass is 35.5. The van der Waals surface area contributed by atoms with E-state index in [2.05, 4.69) is 15.4 Å². The van der Waals surface area contributed by atoms with Crippen molar-refractivity contribution in [2.45, 2.75) is 13.0 Å². The van der Waals surface area contributed by atoms with Gasteiger partial charge in [-0.1, -0.05) is 11.6 Å². The Hall–Kier alpha value is -1.79. The van der Waals surface area contributed by atoms with Gasteiger partial charge in [-0.05, 0) is 6.07 Å². The predicted octanol–water partition coefficient (Wildman–Crippen LogP) is 1.51. The lowest BCUT2D eigenvalue weighted by atomic mass is 10.2. The Morgan fingerprint density at radius 2 is 2.25 bits per heavy atom. The average Bonchev–Trinajstić information content (AvgIpc) is 2.83. The van der Waals surface area contributed by atoms with Gasteiger partial charge in [-0.3, -0.25) is 4.68 Å². The van der Waals surface area contributed by atoms with Crippen molar-refractivity contribution in [1.29, 1.82) is 0 Å². The van der Waals surface area contributed by atoms with Crippen LogP contribution in [-0.4, -0.2) is 33.5 Å². The van der Waals surface area contributed by atoms with Crippen LogP contribution in [0.3, 0.4) is 0 Å². The number of phenolic OH excluding ortho intramolecular Hbond substituents is 1. The summed E-state index contributed by atoms with van der Waals surface area (Å²) in [4.78, 5) is 4.14. The normalized spacial score (nSPS) is 10.8. The fourth-order valence-corrected chi connectivity index (χ4v) is 2.07. The Morgan fingerprint density at radius 1 is 1.45 bits per heavy atom. The number of ether oxygens (including phenoxy) is 1. The third-order valence-corrected chi connectivity index (χ3v) is 3.04. The number of benzene rings is 1. The minimum atomic E-state index is 0.111. The maximum absolute atomic E-state index is 9.98. The maximum Gasteiger partial charge on any atom is 0.162 e. The number of hydrogen-bond donors (Lipinski definition) is 2. The molecule has 0 unspecified atom stereocenters. The van der Waals surface area contributed by atoms with E-state index in [4.69, 9.17) is 16.3 Å². The Bertz CT molecular complexity index is 586. The highest BCUT2D eigenvalue weighted by molar-refractivity contribution is 6.30. The van der Waals surface area contributed by atoms with Gasteiger partial charge in [-0.25, -0.2) is 4.98 Å². The molecule has 2 aromatic rings. The van der Waals surface area contributed by atoms with E-state index in [1.54, 1.807) is 23.1 Å². The minimum absolute atomic E-state index is 0.111. The fourth-order valence-electron chi connectivity index (χ4n) is 1.84. The molecule has 2 rings (SSSR count). The summed E-state index contributed by atoms with van der Waals surface area (Å²) in [5.74, 6) is 1.27. The second-order valence-corrected chi connectivity index (χ2v) is 4.81. The van der Waals surface area contributed by atoms with E-state index in [1.807, 2.05) is 7.05 Å². The van der Waals surface area contributed by atoms with E-state index in [9.17, 15) is 5.11 Å². The van der Waals surface area contributed by atoms with Crippen LogP contribution in [0.15, 0.2) is 18.5 Å². The number of methoxy groups -OCH3 is 1. The maximum atomic E-state index is 9.98. The van der Waals surface area contributed by atoms with Crippen LogP contribution < -0.4 is 10.1 Å². The second kappa shape index (κ2) is 6.58. The van der Waals surface area contributed by atoms with Crippen LogP contribution in [0.2, 0.25) is 5.02 Å². The molecule has 108 valence electrons. The summed E-state index contributed by atoms with van der Waals surface area (Å²) in [7, 11) is 3.33. The number of hydrogen-bond acceptors (Lipinski definition) is 5. The third-order valence-electron chi connectivity index (χ3n) is 2.83. The van der Waals surface area contributed by atoms with Gasteiger partial charge in [-0.15, -0.1) is 0 Å². The van der Waals surface area contributed by atoms with Gasteiger partial charge in [0.2, 0.25) is 0 Å². The van der Waals surface area contributed by atoms with Gasteiger partial charge in [0.05, 0.1) is 7.11 Å². The molecule has 2 N–H and O–H groups in total. The molecule has 0 spiro atoms. The molecule has 20 heavy (non-hydrogen) atoms. The highest BCUT2D eigenvalue weighted by Gasteiger charge is 2.09. The molecule has 0 aliphatic carbocycles. The molecule has 0 fully saturated rings. The van der Waals surface area contributed by atoms with Crippen LogP contribution in [0.25, 0.3) is 0 Å². The first kappa shape index (κ1) is 14.6. The zero-order valence-corrected chi connectivity index (χ0v) is 12.2. The summed E-state index contributed by atoms with van der Waals surface area (Å²) in [6.45, 7) is 1.20. The van der Waals surface area contributed by atoms with E-state index in [0.717, 1.165) is 12.2 Å². The summed E-state index contributed by atoms with van der Waals surface area (Å²) >= 11 is 5.97. The van der Waals surface area contributed by atoms with Crippen molar-refractivity contribution >= 4 is 11.6 Å². The number of phenols is 1. The Balaban J connectivity index is 1.89. The zero-order chi connectivity index (χ0) is 14.5. The van der Waals surface area contributed by atoms with Crippen LogP contribution in [-0.2, 0) is 20.0 Å². The number of aromatic hydroxyl groups is 1. The van der Waals surface area contributed by atoms with Crippen LogP contribution in [0, 0.1) is 0 Å². The molecule has 1 aromatic carbocycles. The van der Waals surface area contributed by atoms with Crippen molar-refractivity contribution in [3.63, 3.8) is 0 Å². The first-order valence-electron chi connectivity index (χ1n) is 6.20. The summed E-state index contributed by atoms with van der Waals surface area (Å²) < 4.78 is 6.73. The van der Waals surface area contributed by atoms with Crippen LogP contribution in [0.5, 0.6) is 11.5 Å². The number of aryl methyl sites for hydroxylation is 1. The van der Waals surface area contributed by atoms with Gasteiger partial charge < -0.3 is 15.2 Å². The van der Waals surface area contributed by atoms with E-state index < -0.39 is 0 Å². The first-order chi connectivity index (χ1) is 9.60. The molecule has 0 saturated heterocycles. The first-order valence-corrected chi connectivity index (χ1v) is 6.58. The molecule has 0 amide bonds. The molecule has 1 heterocycles. The quantitative estimate of drug-likeness (QED) is 0.791. The van der Waals surface area contributed by atoms with Gasteiger partial charge in [0, 0.05) is 43.2 Å². The SMILES string of the molecule is COc1cc(Cl)cc(CNCCc2ncn(C)n2)c1O. The molecule has 7 heteroatoms. The number of nitrogens with zero attached hydrogens (tertiary/aromatic N) is 3. The van der Waals surface area contributed by atoms with E-state index in [0.29, 0.717) is 29.4 Å². The van der Waals surface area contributed by atoms with E-state index >= 15 is 0 Å². The topological polar surface area (TPSA) is 72.2 Å². The predicted molar refractivity (Wildman–Crippen MR) is 76.1 cm³/mol. The Labute approximate surface area is 122 Å². The van der Waals surface area contributed by atoms with E-state index in [1.165, 1.54) is 7.11 Å². The molecule has 6 nitrogen and oxygen atoms in total. The monoisotopic (exact) mass is 296 g/mol. The van der Waals surface area contributed by atoms with Crippen molar-refractivity contribution in [2.75, 3.05) is 13.7 Å². The average molecular weight is 297 g/mol. The molecule has 0 atom stereocenters. The summed E-state index contributed by atoms with van der Waals surface area (Å²) in [6.07, 6.45) is 2.39. The second-order valence-electron chi connectivity index (χ2n) is 4.38. The number of rotatable bonds is 6. The molecule has 0 aliphatic heterocycles. The number of aromatic nitrogens is 3. The van der Waals surface area contributed by atoms with Crippen molar-refractivity contribution in [1.82, 2.24) is 20.1 Å². The molecular formula is C13H17ClN4O2. The smallest absolute Gasteiger partial charge is 0.162 e. The Morgan fingerprint density at radius 3 is 2.90 bits per heavy atom. The molecular weight excluding hydrogens is 280 g/mol. The number of halogens is 1. The summed E-state index contributed by atoms with van der Waals surface area (Å²) in [5.41, 5.74) is 0.698. The Kier molecular flexibility index (Phi) is 4.81.